The fraction of sp³-hybridized carbons (Fsp3) is 0.455. The van der Waals surface area contributed by atoms with E-state index in [1.807, 2.05) is 6.07 Å². The van der Waals surface area contributed by atoms with Crippen LogP contribution >= 0.6 is 11.6 Å². The lowest BCUT2D eigenvalue weighted by Crippen LogP contribution is -2.26. The van der Waals surface area contributed by atoms with Gasteiger partial charge < -0.3 is 10.8 Å². The molecule has 1 aliphatic heterocycles. The molecule has 3 N–H and O–H groups in total. The van der Waals surface area contributed by atoms with Gasteiger partial charge >= 0.3 is 0 Å². The van der Waals surface area contributed by atoms with Gasteiger partial charge in [0.2, 0.25) is 0 Å². The molecule has 1 aliphatic rings. The number of nitrogens with zero attached hydrogens (tertiary/aromatic N) is 1. The van der Waals surface area contributed by atoms with E-state index in [2.05, 4.69) is 4.90 Å². The maximum atomic E-state index is 9.28. The van der Waals surface area contributed by atoms with Gasteiger partial charge in [0, 0.05) is 25.7 Å². The Bertz CT molecular complexity index is 356. The van der Waals surface area contributed by atoms with Crippen molar-refractivity contribution >= 4 is 11.6 Å². The lowest BCUT2D eigenvalue weighted by molar-refractivity contribution is 0.327. The third-order valence-corrected chi connectivity index (χ3v) is 3.03. The molecule has 0 amide bonds. The molecular weight excluding hydrogens is 212 g/mol. The Morgan fingerprint density at radius 3 is 2.93 bits per heavy atom. The van der Waals surface area contributed by atoms with Gasteiger partial charge in [0.25, 0.3) is 0 Å². The number of rotatable bonds is 2. The van der Waals surface area contributed by atoms with Crippen molar-refractivity contribution in [1.82, 2.24) is 4.90 Å². The zero-order valence-electron chi connectivity index (χ0n) is 8.49. The molecule has 15 heavy (non-hydrogen) atoms. The number of likely N-dealkylation sites (tertiary alicyclic amines) is 1. The number of nitrogens with two attached hydrogens (primary N) is 1. The Morgan fingerprint density at radius 2 is 2.33 bits per heavy atom. The molecule has 0 spiro atoms. The van der Waals surface area contributed by atoms with E-state index in [9.17, 15) is 5.11 Å². The molecule has 2 rings (SSSR count). The first-order valence-corrected chi connectivity index (χ1v) is 5.48. The second-order valence-electron chi connectivity index (χ2n) is 4.07. The third kappa shape index (κ3) is 2.62. The minimum absolute atomic E-state index is 0.138. The van der Waals surface area contributed by atoms with E-state index < -0.39 is 0 Å². The van der Waals surface area contributed by atoms with Crippen molar-refractivity contribution in [2.24, 2.45) is 5.73 Å². The van der Waals surface area contributed by atoms with Gasteiger partial charge in [0.15, 0.2) is 0 Å². The van der Waals surface area contributed by atoms with Gasteiger partial charge in [-0.15, -0.1) is 0 Å². The summed E-state index contributed by atoms with van der Waals surface area (Å²) in [7, 11) is 0. The van der Waals surface area contributed by atoms with Gasteiger partial charge in [-0.3, -0.25) is 4.90 Å². The van der Waals surface area contributed by atoms with Crippen LogP contribution in [0, 0.1) is 0 Å². The molecule has 0 radical (unpaired) electrons. The molecule has 1 fully saturated rings. The van der Waals surface area contributed by atoms with Crippen molar-refractivity contribution in [3.8, 4) is 5.75 Å². The van der Waals surface area contributed by atoms with Crippen molar-refractivity contribution in [3.05, 3.63) is 28.8 Å². The first-order valence-electron chi connectivity index (χ1n) is 5.10. The highest BCUT2D eigenvalue weighted by atomic mass is 35.5. The standard InChI is InChI=1S/C11H15ClN2O/c12-10-5-8(1-2-11(10)15)6-14-4-3-9(13)7-14/h1-2,5,9,15H,3-4,6-7,13H2. The van der Waals surface area contributed by atoms with Crippen LogP contribution < -0.4 is 5.73 Å². The molecule has 1 aromatic carbocycles. The summed E-state index contributed by atoms with van der Waals surface area (Å²) in [5, 5.41) is 9.69. The van der Waals surface area contributed by atoms with Gasteiger partial charge in [-0.05, 0) is 24.1 Å². The second-order valence-corrected chi connectivity index (χ2v) is 4.48. The average molecular weight is 227 g/mol. The Morgan fingerprint density at radius 1 is 1.53 bits per heavy atom. The summed E-state index contributed by atoms with van der Waals surface area (Å²) in [5.74, 6) is 0.138. The number of aromatic hydroxyl groups is 1. The SMILES string of the molecule is NC1CCN(Cc2ccc(O)c(Cl)c2)C1. The molecule has 0 saturated carbocycles. The van der Waals surface area contributed by atoms with Crippen molar-refractivity contribution in [2.75, 3.05) is 13.1 Å². The Balaban J connectivity index is 2.02. The summed E-state index contributed by atoms with van der Waals surface area (Å²) < 4.78 is 0. The van der Waals surface area contributed by atoms with Crippen molar-refractivity contribution in [3.63, 3.8) is 0 Å². The molecule has 1 saturated heterocycles. The molecule has 0 aromatic heterocycles. The van der Waals surface area contributed by atoms with E-state index in [0.717, 1.165) is 31.6 Å². The number of halogens is 1. The average Bonchev–Trinajstić information content (AvgIpc) is 2.58. The molecule has 1 aromatic rings. The lowest BCUT2D eigenvalue weighted by atomic mass is 10.2. The van der Waals surface area contributed by atoms with Gasteiger partial charge in [-0.25, -0.2) is 0 Å². The fourth-order valence-corrected chi connectivity index (χ4v) is 2.12. The number of phenols is 1. The van der Waals surface area contributed by atoms with E-state index in [0.29, 0.717) is 11.1 Å². The highest BCUT2D eigenvalue weighted by molar-refractivity contribution is 6.32. The van der Waals surface area contributed by atoms with E-state index in [1.54, 1.807) is 12.1 Å². The zero-order valence-corrected chi connectivity index (χ0v) is 9.24. The molecule has 4 heteroatoms. The summed E-state index contributed by atoms with van der Waals surface area (Å²) in [5.41, 5.74) is 6.94. The summed E-state index contributed by atoms with van der Waals surface area (Å²) in [6.45, 7) is 2.84. The largest absolute Gasteiger partial charge is 0.506 e. The highest BCUT2D eigenvalue weighted by Crippen LogP contribution is 2.24. The van der Waals surface area contributed by atoms with Gasteiger partial charge in [0.05, 0.1) is 5.02 Å². The first-order chi connectivity index (χ1) is 7.15. The third-order valence-electron chi connectivity index (χ3n) is 2.73. The van der Waals surface area contributed by atoms with Crippen LogP contribution in [-0.4, -0.2) is 29.1 Å². The first kappa shape index (κ1) is 10.7. The van der Waals surface area contributed by atoms with E-state index >= 15 is 0 Å². The van der Waals surface area contributed by atoms with Crippen LogP contribution in [0.2, 0.25) is 5.02 Å². The predicted octanol–water partition coefficient (Wildman–Crippen LogP) is 1.58. The van der Waals surface area contributed by atoms with Crippen LogP contribution in [0.1, 0.15) is 12.0 Å². The molecular formula is C11H15ClN2O. The van der Waals surface area contributed by atoms with E-state index in [1.165, 1.54) is 0 Å². The molecule has 1 atom stereocenters. The van der Waals surface area contributed by atoms with E-state index in [4.69, 9.17) is 17.3 Å². The molecule has 82 valence electrons. The smallest absolute Gasteiger partial charge is 0.134 e. The van der Waals surface area contributed by atoms with Crippen LogP contribution in [0.4, 0.5) is 0 Å². The van der Waals surface area contributed by atoms with Crippen LogP contribution in [0.3, 0.4) is 0 Å². The van der Waals surface area contributed by atoms with Crippen LogP contribution in [0.25, 0.3) is 0 Å². The summed E-state index contributed by atoms with van der Waals surface area (Å²) in [6, 6.07) is 5.64. The fourth-order valence-electron chi connectivity index (χ4n) is 1.91. The number of benzene rings is 1. The highest BCUT2D eigenvalue weighted by Gasteiger charge is 2.18. The van der Waals surface area contributed by atoms with Crippen molar-refractivity contribution in [1.29, 1.82) is 0 Å². The second kappa shape index (κ2) is 4.39. The molecule has 0 aliphatic carbocycles. The topological polar surface area (TPSA) is 49.5 Å². The number of hydrogen-bond acceptors (Lipinski definition) is 3. The van der Waals surface area contributed by atoms with Crippen molar-refractivity contribution in [2.45, 2.75) is 19.0 Å². The quantitative estimate of drug-likeness (QED) is 0.805. The molecule has 1 heterocycles. The van der Waals surface area contributed by atoms with Crippen LogP contribution in [-0.2, 0) is 6.54 Å². The van der Waals surface area contributed by atoms with Gasteiger partial charge in [-0.2, -0.15) is 0 Å². The normalized spacial score (nSPS) is 22.1. The predicted molar refractivity (Wildman–Crippen MR) is 61.0 cm³/mol. The minimum atomic E-state index is 0.138. The summed E-state index contributed by atoms with van der Waals surface area (Å²) in [4.78, 5) is 2.30. The number of hydrogen-bond donors (Lipinski definition) is 2. The van der Waals surface area contributed by atoms with Crippen molar-refractivity contribution < 1.29 is 5.11 Å². The van der Waals surface area contributed by atoms with Gasteiger partial charge in [0.1, 0.15) is 5.75 Å². The maximum Gasteiger partial charge on any atom is 0.134 e. The molecule has 0 bridgehead atoms. The molecule has 1 unspecified atom stereocenters. The molecule has 3 nitrogen and oxygen atoms in total. The zero-order chi connectivity index (χ0) is 10.8. The van der Waals surface area contributed by atoms with Crippen LogP contribution in [0.5, 0.6) is 5.75 Å². The summed E-state index contributed by atoms with van der Waals surface area (Å²) >= 11 is 5.83. The van der Waals surface area contributed by atoms with Crippen LogP contribution in [0.15, 0.2) is 18.2 Å². The number of phenolic OH excluding ortho intramolecular Hbond substituents is 1. The lowest BCUT2D eigenvalue weighted by Gasteiger charge is -2.15. The van der Waals surface area contributed by atoms with Gasteiger partial charge in [-0.1, -0.05) is 17.7 Å². The van der Waals surface area contributed by atoms with E-state index in [-0.39, 0.29) is 5.75 Å². The maximum absolute atomic E-state index is 9.28. The Kier molecular flexibility index (Phi) is 3.14. The summed E-state index contributed by atoms with van der Waals surface area (Å²) in [6.07, 6.45) is 1.06. The minimum Gasteiger partial charge on any atom is -0.506 e. The Labute approximate surface area is 94.4 Å². The monoisotopic (exact) mass is 226 g/mol. The Hall–Kier alpha value is -0.770.